The molecule has 3 nitrogen and oxygen atoms in total. The van der Waals surface area contributed by atoms with Gasteiger partial charge >= 0.3 is 0 Å². The molecule has 0 spiro atoms. The van der Waals surface area contributed by atoms with Crippen LogP contribution >= 0.6 is 0 Å². The fourth-order valence-corrected chi connectivity index (χ4v) is 3.90. The van der Waals surface area contributed by atoms with Crippen LogP contribution in [0.5, 0.6) is 0 Å². The summed E-state index contributed by atoms with van der Waals surface area (Å²) in [5.41, 5.74) is -0.00530. The summed E-state index contributed by atoms with van der Waals surface area (Å²) in [6.45, 7) is 6.61. The van der Waals surface area contributed by atoms with E-state index < -0.39 is 6.10 Å². The molecule has 2 saturated carbocycles. The summed E-state index contributed by atoms with van der Waals surface area (Å²) in [5.74, 6) is 1.31. The molecule has 3 heteroatoms. The van der Waals surface area contributed by atoms with Gasteiger partial charge in [-0.2, -0.15) is 0 Å². The minimum atomic E-state index is -0.484. The van der Waals surface area contributed by atoms with Gasteiger partial charge in [-0.1, -0.05) is 20.8 Å². The number of methoxy groups -OCH3 is 1. The molecule has 6 atom stereocenters. The predicted molar refractivity (Wildman–Crippen MR) is 65.6 cm³/mol. The maximum absolute atomic E-state index is 12.2. The minimum absolute atomic E-state index is 0.00530. The molecule has 0 radical (unpaired) electrons. The number of carbonyl (C=O) groups is 1. The molecule has 6 unspecified atom stereocenters. The first kappa shape index (κ1) is 13.0. The second-order valence-electron chi connectivity index (χ2n) is 6.28. The van der Waals surface area contributed by atoms with Crippen molar-refractivity contribution in [3.63, 3.8) is 0 Å². The number of aliphatic hydroxyl groups excluding tert-OH is 1. The number of hydrogen-bond acceptors (Lipinski definition) is 3. The standard InChI is InChI=1S/C14H24O3/c1-8-5-11(15)10-6-12(16)13(17-4)7-14(10,3)9(8)2/h8-10,12-13,16H,5-7H2,1-4H3. The van der Waals surface area contributed by atoms with Crippen molar-refractivity contribution in [1.82, 2.24) is 0 Å². The van der Waals surface area contributed by atoms with Gasteiger partial charge in [0, 0.05) is 19.4 Å². The van der Waals surface area contributed by atoms with Crippen molar-refractivity contribution >= 4 is 5.78 Å². The number of carbonyl (C=O) groups excluding carboxylic acids is 1. The van der Waals surface area contributed by atoms with E-state index in [1.54, 1.807) is 7.11 Å². The van der Waals surface area contributed by atoms with Crippen LogP contribution in [0.3, 0.4) is 0 Å². The second-order valence-corrected chi connectivity index (χ2v) is 6.28. The lowest BCUT2D eigenvalue weighted by Gasteiger charge is -2.53. The molecule has 0 bridgehead atoms. The number of aliphatic hydroxyl groups is 1. The molecule has 2 aliphatic carbocycles. The van der Waals surface area contributed by atoms with Crippen LogP contribution in [0.15, 0.2) is 0 Å². The molecule has 0 aliphatic heterocycles. The molecule has 2 fully saturated rings. The van der Waals surface area contributed by atoms with Gasteiger partial charge in [-0.15, -0.1) is 0 Å². The van der Waals surface area contributed by atoms with Crippen molar-refractivity contribution < 1.29 is 14.6 Å². The highest BCUT2D eigenvalue weighted by atomic mass is 16.5. The van der Waals surface area contributed by atoms with E-state index in [1.807, 2.05) is 0 Å². The molecule has 0 heterocycles. The Labute approximate surface area is 104 Å². The highest BCUT2D eigenvalue weighted by molar-refractivity contribution is 5.83. The first-order chi connectivity index (χ1) is 7.90. The maximum Gasteiger partial charge on any atom is 0.136 e. The molecule has 0 saturated heterocycles. The average molecular weight is 240 g/mol. The summed E-state index contributed by atoms with van der Waals surface area (Å²) >= 11 is 0. The molecule has 0 aromatic heterocycles. The monoisotopic (exact) mass is 240 g/mol. The van der Waals surface area contributed by atoms with Crippen molar-refractivity contribution in [3.8, 4) is 0 Å². The van der Waals surface area contributed by atoms with Crippen molar-refractivity contribution in [1.29, 1.82) is 0 Å². The van der Waals surface area contributed by atoms with E-state index in [9.17, 15) is 9.90 Å². The third kappa shape index (κ3) is 1.93. The third-order valence-corrected chi connectivity index (χ3v) is 5.45. The van der Waals surface area contributed by atoms with Crippen molar-refractivity contribution in [2.45, 2.75) is 52.2 Å². The zero-order chi connectivity index (χ0) is 12.8. The van der Waals surface area contributed by atoms with Gasteiger partial charge in [0.05, 0.1) is 12.2 Å². The van der Waals surface area contributed by atoms with Gasteiger partial charge in [0.1, 0.15) is 5.78 Å². The van der Waals surface area contributed by atoms with Gasteiger partial charge in [-0.05, 0) is 30.1 Å². The summed E-state index contributed by atoms with van der Waals surface area (Å²) in [7, 11) is 1.65. The van der Waals surface area contributed by atoms with Crippen LogP contribution in [-0.4, -0.2) is 30.2 Å². The number of ether oxygens (including phenoxy) is 1. The zero-order valence-electron chi connectivity index (χ0n) is 11.3. The fraction of sp³-hybridized carbons (Fsp3) is 0.929. The number of hydrogen-bond donors (Lipinski definition) is 1. The molecular formula is C14H24O3. The van der Waals surface area contributed by atoms with Gasteiger partial charge < -0.3 is 9.84 Å². The lowest BCUT2D eigenvalue weighted by molar-refractivity contribution is -0.159. The Morgan fingerprint density at radius 1 is 1.41 bits per heavy atom. The number of Topliss-reactive ketones (excluding diaryl/α,β-unsaturated/α-hetero) is 1. The summed E-state index contributed by atoms with van der Waals surface area (Å²) < 4.78 is 5.38. The Hall–Kier alpha value is -0.410. The Kier molecular flexibility index (Phi) is 3.34. The Morgan fingerprint density at radius 2 is 2.06 bits per heavy atom. The van der Waals surface area contributed by atoms with Gasteiger partial charge in [0.15, 0.2) is 0 Å². The van der Waals surface area contributed by atoms with Gasteiger partial charge in [-0.25, -0.2) is 0 Å². The van der Waals surface area contributed by atoms with Gasteiger partial charge in [-0.3, -0.25) is 4.79 Å². The number of ketones is 1. The van der Waals surface area contributed by atoms with E-state index >= 15 is 0 Å². The van der Waals surface area contributed by atoms with Crippen molar-refractivity contribution in [2.75, 3.05) is 7.11 Å². The van der Waals surface area contributed by atoms with Crippen LogP contribution in [0.4, 0.5) is 0 Å². The first-order valence-electron chi connectivity index (χ1n) is 6.63. The Bertz CT molecular complexity index is 315. The summed E-state index contributed by atoms with van der Waals surface area (Å²) in [4.78, 5) is 12.2. The summed E-state index contributed by atoms with van der Waals surface area (Å²) in [6, 6.07) is 0. The molecule has 17 heavy (non-hydrogen) atoms. The Morgan fingerprint density at radius 3 is 2.65 bits per heavy atom. The lowest BCUT2D eigenvalue weighted by Crippen LogP contribution is -2.55. The number of rotatable bonds is 1. The smallest absolute Gasteiger partial charge is 0.136 e. The van der Waals surface area contributed by atoms with E-state index in [0.717, 1.165) is 6.42 Å². The molecule has 98 valence electrons. The molecule has 1 N–H and O–H groups in total. The van der Waals surface area contributed by atoms with E-state index in [1.165, 1.54) is 0 Å². The van der Waals surface area contributed by atoms with E-state index in [2.05, 4.69) is 20.8 Å². The highest BCUT2D eigenvalue weighted by Crippen LogP contribution is 2.53. The first-order valence-corrected chi connectivity index (χ1v) is 6.63. The van der Waals surface area contributed by atoms with Crippen LogP contribution in [0, 0.1) is 23.2 Å². The molecular weight excluding hydrogens is 216 g/mol. The molecule has 0 aromatic rings. The Balaban J connectivity index is 2.29. The molecule has 0 aromatic carbocycles. The van der Waals surface area contributed by atoms with Crippen LogP contribution in [0.25, 0.3) is 0 Å². The predicted octanol–water partition coefficient (Wildman–Crippen LogP) is 2.02. The van der Waals surface area contributed by atoms with Crippen LogP contribution in [-0.2, 0) is 9.53 Å². The quantitative estimate of drug-likeness (QED) is 0.762. The molecule has 0 amide bonds. The topological polar surface area (TPSA) is 46.5 Å². The third-order valence-electron chi connectivity index (χ3n) is 5.45. The largest absolute Gasteiger partial charge is 0.390 e. The second kappa shape index (κ2) is 4.36. The normalized spacial score (nSPS) is 51.1. The zero-order valence-corrected chi connectivity index (χ0v) is 11.3. The van der Waals surface area contributed by atoms with E-state index in [-0.39, 0.29) is 17.4 Å². The minimum Gasteiger partial charge on any atom is -0.390 e. The number of fused-ring (bicyclic) bond motifs is 1. The average Bonchev–Trinajstić information content (AvgIpc) is 2.28. The fourth-order valence-electron chi connectivity index (χ4n) is 3.90. The molecule has 2 aliphatic rings. The van der Waals surface area contributed by atoms with Crippen LogP contribution < -0.4 is 0 Å². The van der Waals surface area contributed by atoms with Gasteiger partial charge in [0.2, 0.25) is 0 Å². The van der Waals surface area contributed by atoms with Crippen LogP contribution in [0.2, 0.25) is 0 Å². The van der Waals surface area contributed by atoms with Crippen molar-refractivity contribution in [3.05, 3.63) is 0 Å². The highest BCUT2D eigenvalue weighted by Gasteiger charge is 2.54. The SMILES string of the molecule is COC1CC2(C)C(CC1O)C(=O)CC(C)C2C. The lowest BCUT2D eigenvalue weighted by atomic mass is 9.52. The maximum atomic E-state index is 12.2. The summed E-state index contributed by atoms with van der Waals surface area (Å²) in [5, 5.41) is 10.0. The van der Waals surface area contributed by atoms with Crippen molar-refractivity contribution in [2.24, 2.45) is 23.2 Å². The van der Waals surface area contributed by atoms with Gasteiger partial charge in [0.25, 0.3) is 0 Å². The van der Waals surface area contributed by atoms with Crippen LogP contribution in [0.1, 0.15) is 40.0 Å². The van der Waals surface area contributed by atoms with E-state index in [4.69, 9.17) is 4.74 Å². The van der Waals surface area contributed by atoms with E-state index in [0.29, 0.717) is 30.5 Å². The summed E-state index contributed by atoms with van der Waals surface area (Å²) in [6.07, 6.45) is 1.45. The molecule has 2 rings (SSSR count).